The fourth-order valence-corrected chi connectivity index (χ4v) is 3.13. The fraction of sp³-hybridized carbons (Fsp3) is 0.867. The second-order valence-electron chi connectivity index (χ2n) is 6.43. The van der Waals surface area contributed by atoms with Crippen molar-refractivity contribution in [1.29, 1.82) is 0 Å². The molecule has 1 fully saturated rings. The van der Waals surface area contributed by atoms with Gasteiger partial charge in [-0.25, -0.2) is 0 Å². The van der Waals surface area contributed by atoms with E-state index in [4.69, 9.17) is 4.74 Å². The normalized spacial score (nSPS) is 29.9. The summed E-state index contributed by atoms with van der Waals surface area (Å²) < 4.78 is 6.15. The first-order chi connectivity index (χ1) is 7.93. The van der Waals surface area contributed by atoms with Crippen LogP contribution in [0.5, 0.6) is 0 Å². The third kappa shape index (κ3) is 5.69. The molecule has 0 heterocycles. The van der Waals surface area contributed by atoms with Crippen LogP contribution >= 0.6 is 0 Å². The van der Waals surface area contributed by atoms with Crippen molar-refractivity contribution in [3.63, 3.8) is 0 Å². The van der Waals surface area contributed by atoms with E-state index in [9.17, 15) is 0 Å². The Balaban J connectivity index is 2.32. The van der Waals surface area contributed by atoms with Gasteiger partial charge in [-0.15, -0.1) is 6.58 Å². The monoisotopic (exact) mass is 239 g/mol. The number of nitrogens with one attached hydrogen (secondary N) is 1. The van der Waals surface area contributed by atoms with Crippen molar-refractivity contribution in [2.45, 2.75) is 59.2 Å². The molecule has 0 radical (unpaired) electrons. The molecule has 2 nitrogen and oxygen atoms in total. The lowest BCUT2D eigenvalue weighted by atomic mass is 9.71. The minimum absolute atomic E-state index is 0.293. The van der Waals surface area contributed by atoms with Gasteiger partial charge in [0.2, 0.25) is 0 Å². The summed E-state index contributed by atoms with van der Waals surface area (Å²) in [5, 5.41) is 3.31. The lowest BCUT2D eigenvalue weighted by molar-refractivity contribution is -0.0573. The van der Waals surface area contributed by atoms with Crippen molar-refractivity contribution >= 4 is 0 Å². The largest absolute Gasteiger partial charge is 0.374 e. The van der Waals surface area contributed by atoms with Crippen molar-refractivity contribution in [2.24, 2.45) is 11.3 Å². The van der Waals surface area contributed by atoms with Crippen molar-refractivity contribution in [1.82, 2.24) is 5.32 Å². The van der Waals surface area contributed by atoms with E-state index in [1.54, 1.807) is 0 Å². The summed E-state index contributed by atoms with van der Waals surface area (Å²) in [4.78, 5) is 0. The van der Waals surface area contributed by atoms with Gasteiger partial charge in [-0.2, -0.15) is 0 Å². The molecule has 0 spiro atoms. The Kier molecular flexibility index (Phi) is 5.68. The van der Waals surface area contributed by atoms with E-state index < -0.39 is 0 Å². The Labute approximate surface area is 107 Å². The van der Waals surface area contributed by atoms with Gasteiger partial charge in [0.25, 0.3) is 0 Å². The standard InChI is InChI=1S/C15H29NO/c1-6-7-16-11-13(3)17-14-8-12(2)9-15(4,5)10-14/h6,12-14,16H,1,7-11H2,2-5H3. The smallest absolute Gasteiger partial charge is 0.0675 e. The second kappa shape index (κ2) is 6.55. The van der Waals surface area contributed by atoms with Crippen LogP contribution in [-0.2, 0) is 4.74 Å². The van der Waals surface area contributed by atoms with E-state index in [-0.39, 0.29) is 0 Å². The lowest BCUT2D eigenvalue weighted by Gasteiger charge is -2.39. The third-order valence-electron chi connectivity index (χ3n) is 3.49. The maximum atomic E-state index is 6.15. The Hall–Kier alpha value is -0.340. The van der Waals surface area contributed by atoms with Gasteiger partial charge in [-0.05, 0) is 37.5 Å². The van der Waals surface area contributed by atoms with Gasteiger partial charge in [0, 0.05) is 13.1 Å². The number of ether oxygens (including phenoxy) is 1. The predicted octanol–water partition coefficient (Wildman–Crippen LogP) is 3.38. The number of hydrogen-bond acceptors (Lipinski definition) is 2. The van der Waals surface area contributed by atoms with Crippen LogP contribution < -0.4 is 5.32 Å². The maximum absolute atomic E-state index is 6.15. The van der Waals surface area contributed by atoms with Gasteiger partial charge in [0.05, 0.1) is 12.2 Å². The first kappa shape index (κ1) is 14.7. The molecule has 3 atom stereocenters. The Morgan fingerprint density at radius 2 is 2.18 bits per heavy atom. The highest BCUT2D eigenvalue weighted by Gasteiger charge is 2.33. The minimum atomic E-state index is 0.293. The summed E-state index contributed by atoms with van der Waals surface area (Å²) in [7, 11) is 0. The molecule has 2 heteroatoms. The molecule has 1 aliphatic rings. The molecule has 1 aliphatic carbocycles. The summed E-state index contributed by atoms with van der Waals surface area (Å²) >= 11 is 0. The quantitative estimate of drug-likeness (QED) is 0.567. The van der Waals surface area contributed by atoms with E-state index in [1.807, 2.05) is 6.08 Å². The van der Waals surface area contributed by atoms with Crippen molar-refractivity contribution in [3.8, 4) is 0 Å². The first-order valence-corrected chi connectivity index (χ1v) is 6.90. The van der Waals surface area contributed by atoms with Crippen LogP contribution in [0.4, 0.5) is 0 Å². The van der Waals surface area contributed by atoms with Crippen LogP contribution in [0.15, 0.2) is 12.7 Å². The topological polar surface area (TPSA) is 21.3 Å². The zero-order valence-electron chi connectivity index (χ0n) is 12.0. The van der Waals surface area contributed by atoms with Gasteiger partial charge in [-0.1, -0.05) is 26.8 Å². The van der Waals surface area contributed by atoms with Gasteiger partial charge in [0.15, 0.2) is 0 Å². The number of hydrogen-bond donors (Lipinski definition) is 1. The Morgan fingerprint density at radius 1 is 1.47 bits per heavy atom. The lowest BCUT2D eigenvalue weighted by Crippen LogP contribution is -2.37. The zero-order valence-corrected chi connectivity index (χ0v) is 12.0. The highest BCUT2D eigenvalue weighted by Crippen LogP contribution is 2.39. The molecule has 17 heavy (non-hydrogen) atoms. The molecule has 0 aromatic carbocycles. The second-order valence-corrected chi connectivity index (χ2v) is 6.43. The van der Waals surface area contributed by atoms with Crippen LogP contribution in [0.1, 0.15) is 47.0 Å². The van der Waals surface area contributed by atoms with Crippen LogP contribution in [0.2, 0.25) is 0 Å². The van der Waals surface area contributed by atoms with Gasteiger partial charge in [0.1, 0.15) is 0 Å². The maximum Gasteiger partial charge on any atom is 0.0675 e. The van der Waals surface area contributed by atoms with Crippen molar-refractivity contribution in [3.05, 3.63) is 12.7 Å². The molecule has 1 rings (SSSR count). The minimum Gasteiger partial charge on any atom is -0.374 e. The van der Waals surface area contributed by atoms with Gasteiger partial charge >= 0.3 is 0 Å². The third-order valence-corrected chi connectivity index (χ3v) is 3.49. The van der Waals surface area contributed by atoms with Crippen LogP contribution in [0.3, 0.4) is 0 Å². The summed E-state index contributed by atoms with van der Waals surface area (Å²) in [6.45, 7) is 14.7. The average molecular weight is 239 g/mol. The molecular formula is C15H29NO. The summed E-state index contributed by atoms with van der Waals surface area (Å²) in [6.07, 6.45) is 6.36. The van der Waals surface area contributed by atoms with Gasteiger partial charge in [-0.3, -0.25) is 0 Å². The zero-order chi connectivity index (χ0) is 12.9. The Bertz CT molecular complexity index is 237. The van der Waals surface area contributed by atoms with E-state index >= 15 is 0 Å². The van der Waals surface area contributed by atoms with Crippen LogP contribution in [-0.4, -0.2) is 25.3 Å². The Morgan fingerprint density at radius 3 is 2.76 bits per heavy atom. The summed E-state index contributed by atoms with van der Waals surface area (Å²) in [5.41, 5.74) is 0.441. The molecule has 0 bridgehead atoms. The van der Waals surface area contributed by atoms with Crippen molar-refractivity contribution < 1.29 is 4.74 Å². The predicted molar refractivity (Wildman–Crippen MR) is 74.2 cm³/mol. The highest BCUT2D eigenvalue weighted by atomic mass is 16.5. The molecule has 1 saturated carbocycles. The summed E-state index contributed by atoms with van der Waals surface area (Å²) in [6, 6.07) is 0. The first-order valence-electron chi connectivity index (χ1n) is 6.90. The molecule has 0 saturated heterocycles. The van der Waals surface area contributed by atoms with E-state index in [2.05, 4.69) is 39.6 Å². The average Bonchev–Trinajstić information content (AvgIpc) is 2.14. The van der Waals surface area contributed by atoms with Crippen molar-refractivity contribution in [2.75, 3.05) is 13.1 Å². The van der Waals surface area contributed by atoms with E-state index in [0.29, 0.717) is 17.6 Å². The van der Waals surface area contributed by atoms with E-state index in [1.165, 1.54) is 19.3 Å². The van der Waals surface area contributed by atoms with E-state index in [0.717, 1.165) is 19.0 Å². The SMILES string of the molecule is C=CCNCC(C)OC1CC(C)CC(C)(C)C1. The molecule has 0 amide bonds. The fourth-order valence-electron chi connectivity index (χ4n) is 3.13. The molecule has 1 N–H and O–H groups in total. The molecular weight excluding hydrogens is 210 g/mol. The molecule has 3 unspecified atom stereocenters. The van der Waals surface area contributed by atoms with Crippen LogP contribution in [0, 0.1) is 11.3 Å². The number of rotatable bonds is 6. The summed E-state index contributed by atoms with van der Waals surface area (Å²) in [5.74, 6) is 0.789. The molecule has 0 aromatic heterocycles. The molecule has 0 aliphatic heterocycles. The molecule has 0 aromatic rings. The van der Waals surface area contributed by atoms with Gasteiger partial charge < -0.3 is 10.1 Å². The highest BCUT2D eigenvalue weighted by molar-refractivity contribution is 4.84. The molecule has 100 valence electrons. The van der Waals surface area contributed by atoms with Crippen LogP contribution in [0.25, 0.3) is 0 Å².